The van der Waals surface area contributed by atoms with Gasteiger partial charge in [0.1, 0.15) is 5.75 Å². The van der Waals surface area contributed by atoms with Gasteiger partial charge in [0, 0.05) is 12.1 Å². The van der Waals surface area contributed by atoms with E-state index in [4.69, 9.17) is 10.5 Å². The van der Waals surface area contributed by atoms with Crippen molar-refractivity contribution in [3.63, 3.8) is 0 Å². The van der Waals surface area contributed by atoms with Gasteiger partial charge in [0.05, 0.1) is 13.2 Å². The molecule has 3 nitrogen and oxygen atoms in total. The van der Waals surface area contributed by atoms with Crippen molar-refractivity contribution in [2.24, 2.45) is 5.73 Å². The van der Waals surface area contributed by atoms with Crippen LogP contribution in [0, 0.1) is 0 Å². The fourth-order valence-corrected chi connectivity index (χ4v) is 2.28. The second-order valence-electron chi connectivity index (χ2n) is 5.25. The van der Waals surface area contributed by atoms with Gasteiger partial charge in [-0.25, -0.2) is 0 Å². The Labute approximate surface area is 110 Å². The lowest BCUT2D eigenvalue weighted by molar-refractivity contribution is 0.180. The Bertz CT molecular complexity index is 400. The molecule has 0 amide bonds. The third-order valence-electron chi connectivity index (χ3n) is 3.26. The van der Waals surface area contributed by atoms with Crippen LogP contribution in [-0.2, 0) is 0 Å². The number of nitrogens with two attached hydrogens (primary N) is 1. The molecule has 1 aromatic rings. The van der Waals surface area contributed by atoms with Crippen molar-refractivity contribution in [3.8, 4) is 5.75 Å². The summed E-state index contributed by atoms with van der Waals surface area (Å²) in [5.74, 6) is 1.47. The van der Waals surface area contributed by atoms with Crippen LogP contribution in [0.5, 0.6) is 5.75 Å². The van der Waals surface area contributed by atoms with Crippen LogP contribution in [0.3, 0.4) is 0 Å². The van der Waals surface area contributed by atoms with Gasteiger partial charge < -0.3 is 15.6 Å². The summed E-state index contributed by atoms with van der Waals surface area (Å²) in [6.07, 6.45) is -0.670. The number of aliphatic hydroxyl groups is 1. The summed E-state index contributed by atoms with van der Waals surface area (Å²) >= 11 is 0. The Morgan fingerprint density at radius 1 is 1.11 bits per heavy atom. The van der Waals surface area contributed by atoms with Crippen LogP contribution in [0.4, 0.5) is 0 Å². The maximum Gasteiger partial charge on any atom is 0.128 e. The summed E-state index contributed by atoms with van der Waals surface area (Å²) in [5, 5.41) is 10.2. The molecule has 1 unspecified atom stereocenters. The first-order valence-corrected chi connectivity index (χ1v) is 6.52. The molecule has 0 aliphatic heterocycles. The number of hydrogen-bond donors (Lipinski definition) is 2. The molecule has 0 aliphatic rings. The van der Waals surface area contributed by atoms with E-state index in [1.54, 1.807) is 7.11 Å². The average Bonchev–Trinajstić information content (AvgIpc) is 2.35. The number of methoxy groups -OCH3 is 1. The molecule has 0 aliphatic carbocycles. The number of hydrogen-bond acceptors (Lipinski definition) is 3. The fourth-order valence-electron chi connectivity index (χ4n) is 2.28. The van der Waals surface area contributed by atoms with Crippen molar-refractivity contribution < 1.29 is 9.84 Å². The third-order valence-corrected chi connectivity index (χ3v) is 3.26. The Morgan fingerprint density at radius 3 is 2.00 bits per heavy atom. The van der Waals surface area contributed by atoms with Gasteiger partial charge in [0.2, 0.25) is 0 Å². The molecule has 1 atom stereocenters. The number of rotatable bonds is 5. The highest BCUT2D eigenvalue weighted by Crippen LogP contribution is 2.38. The highest BCUT2D eigenvalue weighted by molar-refractivity contribution is 5.50. The maximum atomic E-state index is 10.2. The first-order valence-electron chi connectivity index (χ1n) is 6.52. The molecule has 0 saturated carbocycles. The van der Waals surface area contributed by atoms with E-state index in [1.165, 1.54) is 0 Å². The van der Waals surface area contributed by atoms with Crippen LogP contribution in [0.2, 0.25) is 0 Å². The molecule has 0 heterocycles. The van der Waals surface area contributed by atoms with E-state index in [-0.39, 0.29) is 6.54 Å². The summed E-state index contributed by atoms with van der Waals surface area (Å²) in [4.78, 5) is 0. The van der Waals surface area contributed by atoms with Gasteiger partial charge in [-0.15, -0.1) is 0 Å². The predicted octanol–water partition coefficient (Wildman–Crippen LogP) is 2.93. The zero-order chi connectivity index (χ0) is 13.9. The molecule has 0 bridgehead atoms. The van der Waals surface area contributed by atoms with Gasteiger partial charge in [0.15, 0.2) is 0 Å². The van der Waals surface area contributed by atoms with E-state index in [1.807, 2.05) is 0 Å². The van der Waals surface area contributed by atoms with Crippen molar-refractivity contribution in [1.29, 1.82) is 0 Å². The van der Waals surface area contributed by atoms with E-state index >= 15 is 0 Å². The molecular weight excluding hydrogens is 226 g/mol. The normalized spacial score (nSPS) is 13.2. The van der Waals surface area contributed by atoms with Gasteiger partial charge in [-0.2, -0.15) is 0 Å². The zero-order valence-electron chi connectivity index (χ0n) is 12.0. The second-order valence-corrected chi connectivity index (χ2v) is 5.25. The standard InChI is InChI=1S/C15H25NO2/c1-9(2)11-6-7-12(10(3)4)15(18-5)14(11)13(17)8-16/h6-7,9-10,13,17H,8,16H2,1-5H3. The Balaban J connectivity index is 3.50. The van der Waals surface area contributed by atoms with Crippen LogP contribution in [0.15, 0.2) is 12.1 Å². The molecule has 0 saturated heterocycles. The van der Waals surface area contributed by atoms with Crippen LogP contribution < -0.4 is 10.5 Å². The van der Waals surface area contributed by atoms with Crippen molar-refractivity contribution in [2.75, 3.05) is 13.7 Å². The molecule has 3 N–H and O–H groups in total. The molecule has 0 radical (unpaired) electrons. The molecule has 0 aromatic heterocycles. The lowest BCUT2D eigenvalue weighted by Gasteiger charge is -2.23. The highest BCUT2D eigenvalue weighted by Gasteiger charge is 2.22. The summed E-state index contributed by atoms with van der Waals surface area (Å²) in [6.45, 7) is 8.65. The van der Waals surface area contributed by atoms with E-state index < -0.39 is 6.10 Å². The Morgan fingerprint density at radius 2 is 1.61 bits per heavy atom. The Hall–Kier alpha value is -1.06. The largest absolute Gasteiger partial charge is 0.496 e. The van der Waals surface area contributed by atoms with Gasteiger partial charge in [0.25, 0.3) is 0 Å². The van der Waals surface area contributed by atoms with Crippen LogP contribution in [0.25, 0.3) is 0 Å². The van der Waals surface area contributed by atoms with Crippen LogP contribution in [0.1, 0.15) is 62.3 Å². The summed E-state index contributed by atoms with van der Waals surface area (Å²) < 4.78 is 5.54. The summed E-state index contributed by atoms with van der Waals surface area (Å²) in [7, 11) is 1.65. The fraction of sp³-hybridized carbons (Fsp3) is 0.600. The van der Waals surface area contributed by atoms with E-state index in [0.717, 1.165) is 22.4 Å². The minimum atomic E-state index is -0.670. The molecule has 18 heavy (non-hydrogen) atoms. The molecule has 1 aromatic carbocycles. The van der Waals surface area contributed by atoms with E-state index in [0.29, 0.717) is 11.8 Å². The summed E-state index contributed by atoms with van der Waals surface area (Å²) in [5.41, 5.74) is 8.69. The van der Waals surface area contributed by atoms with Crippen molar-refractivity contribution in [3.05, 3.63) is 28.8 Å². The van der Waals surface area contributed by atoms with Gasteiger partial charge in [-0.05, 0) is 23.0 Å². The smallest absolute Gasteiger partial charge is 0.128 e. The second kappa shape index (κ2) is 6.21. The average molecular weight is 251 g/mol. The topological polar surface area (TPSA) is 55.5 Å². The van der Waals surface area contributed by atoms with Crippen LogP contribution >= 0.6 is 0 Å². The third kappa shape index (κ3) is 2.85. The SMILES string of the molecule is COc1c(C(C)C)ccc(C(C)C)c1C(O)CN. The predicted molar refractivity (Wildman–Crippen MR) is 75.2 cm³/mol. The first-order chi connectivity index (χ1) is 8.43. The van der Waals surface area contributed by atoms with Gasteiger partial charge >= 0.3 is 0 Å². The first kappa shape index (κ1) is 15.0. The quantitative estimate of drug-likeness (QED) is 0.846. The maximum absolute atomic E-state index is 10.2. The minimum Gasteiger partial charge on any atom is -0.496 e. The van der Waals surface area contributed by atoms with Crippen LogP contribution in [-0.4, -0.2) is 18.8 Å². The monoisotopic (exact) mass is 251 g/mol. The zero-order valence-corrected chi connectivity index (χ0v) is 12.0. The number of aliphatic hydroxyl groups excluding tert-OH is 1. The number of ether oxygens (including phenoxy) is 1. The van der Waals surface area contributed by atoms with Gasteiger partial charge in [-0.3, -0.25) is 0 Å². The van der Waals surface area contributed by atoms with E-state index in [9.17, 15) is 5.11 Å². The molecule has 1 rings (SSSR count). The molecular formula is C15H25NO2. The number of benzene rings is 1. The summed E-state index contributed by atoms with van der Waals surface area (Å²) in [6, 6.07) is 4.17. The van der Waals surface area contributed by atoms with Crippen molar-refractivity contribution in [1.82, 2.24) is 0 Å². The van der Waals surface area contributed by atoms with E-state index in [2.05, 4.69) is 39.8 Å². The lowest BCUT2D eigenvalue weighted by Crippen LogP contribution is -2.16. The molecule has 3 heteroatoms. The lowest BCUT2D eigenvalue weighted by atomic mass is 9.88. The highest BCUT2D eigenvalue weighted by atomic mass is 16.5. The molecule has 102 valence electrons. The Kier molecular flexibility index (Phi) is 5.17. The van der Waals surface area contributed by atoms with Crippen molar-refractivity contribution >= 4 is 0 Å². The molecule has 0 spiro atoms. The van der Waals surface area contributed by atoms with Gasteiger partial charge in [-0.1, -0.05) is 39.8 Å². The minimum absolute atomic E-state index is 0.206. The van der Waals surface area contributed by atoms with Crippen molar-refractivity contribution in [2.45, 2.75) is 45.6 Å². The molecule has 0 fully saturated rings.